The number of ether oxygens (including phenoxy) is 3. The highest BCUT2D eigenvalue weighted by molar-refractivity contribution is 9.10. The number of furan rings is 1. The minimum atomic E-state index is -0.447. The lowest BCUT2D eigenvalue weighted by Gasteiger charge is -2.06. The van der Waals surface area contributed by atoms with Crippen molar-refractivity contribution in [3.63, 3.8) is 0 Å². The van der Waals surface area contributed by atoms with Crippen molar-refractivity contribution in [2.24, 2.45) is 5.10 Å². The molecule has 0 atom stereocenters. The van der Waals surface area contributed by atoms with Crippen LogP contribution in [-0.4, -0.2) is 18.9 Å². The number of rotatable bonds is 6. The van der Waals surface area contributed by atoms with Crippen LogP contribution >= 0.6 is 15.9 Å². The summed E-state index contributed by atoms with van der Waals surface area (Å²) in [6.45, 7) is 0.440. The molecule has 8 heteroatoms. The van der Waals surface area contributed by atoms with Crippen molar-refractivity contribution < 1.29 is 23.4 Å². The maximum atomic E-state index is 12.3. The second kappa shape index (κ2) is 8.47. The fourth-order valence-corrected chi connectivity index (χ4v) is 4.04. The van der Waals surface area contributed by atoms with Crippen molar-refractivity contribution in [1.29, 1.82) is 0 Å². The van der Waals surface area contributed by atoms with Gasteiger partial charge < -0.3 is 18.6 Å². The van der Waals surface area contributed by atoms with Crippen molar-refractivity contribution >= 4 is 28.1 Å². The molecule has 0 fully saturated rings. The number of carbonyl (C=O) groups excluding carboxylic acids is 1. The number of benzene rings is 2. The number of fused-ring (bicyclic) bond motifs is 2. The van der Waals surface area contributed by atoms with E-state index in [-0.39, 0.29) is 19.2 Å². The highest BCUT2D eigenvalue weighted by Gasteiger charge is 2.16. The normalized spacial score (nSPS) is 14.1. The number of aryl methyl sites for hydroxylation is 2. The fraction of sp³-hybridized carbons (Fsp3) is 0.217. The molecule has 2 aliphatic rings. The van der Waals surface area contributed by atoms with Crippen molar-refractivity contribution in [1.82, 2.24) is 5.43 Å². The SMILES string of the molecule is O=C(NN=Cc1cc2c(cc1Br)OCO2)c1ccc(COc2ccc3c(c2)CCC3)o1. The number of carbonyl (C=O) groups is 1. The van der Waals surface area contributed by atoms with Gasteiger partial charge in [-0.3, -0.25) is 4.79 Å². The minimum absolute atomic E-state index is 0.162. The summed E-state index contributed by atoms with van der Waals surface area (Å²) in [6, 6.07) is 13.1. The van der Waals surface area contributed by atoms with Crippen LogP contribution in [0.15, 0.2) is 56.5 Å². The Balaban J connectivity index is 1.17. The van der Waals surface area contributed by atoms with Crippen molar-refractivity contribution in [2.45, 2.75) is 25.9 Å². The first-order valence-corrected chi connectivity index (χ1v) is 10.7. The van der Waals surface area contributed by atoms with Gasteiger partial charge in [0.25, 0.3) is 0 Å². The Morgan fingerprint density at radius 1 is 1.10 bits per heavy atom. The fourth-order valence-electron chi connectivity index (χ4n) is 3.62. The number of nitrogens with zero attached hydrogens (tertiary/aromatic N) is 1. The van der Waals surface area contributed by atoms with E-state index in [0.29, 0.717) is 17.3 Å². The monoisotopic (exact) mass is 482 g/mol. The lowest BCUT2D eigenvalue weighted by molar-refractivity contribution is 0.0923. The van der Waals surface area contributed by atoms with E-state index in [1.807, 2.05) is 6.07 Å². The quantitative estimate of drug-likeness (QED) is 0.410. The predicted molar refractivity (Wildman–Crippen MR) is 117 cm³/mol. The molecule has 0 radical (unpaired) electrons. The molecule has 1 amide bonds. The van der Waals surface area contributed by atoms with Crippen LogP contribution in [-0.2, 0) is 19.4 Å². The Hall–Kier alpha value is -3.26. The van der Waals surface area contributed by atoms with Gasteiger partial charge in [0.05, 0.1) is 6.21 Å². The smallest absolute Gasteiger partial charge is 0.307 e. The predicted octanol–water partition coefficient (Wildman–Crippen LogP) is 4.60. The second-order valence-electron chi connectivity index (χ2n) is 7.26. The Bertz CT molecular complexity index is 1170. The summed E-state index contributed by atoms with van der Waals surface area (Å²) in [4.78, 5) is 12.3. The Morgan fingerprint density at radius 2 is 1.94 bits per heavy atom. The standard InChI is InChI=1S/C23H19BrN2O5/c24-19-10-22-21(29-13-30-22)9-16(19)11-25-26-23(27)20-7-6-18(31-20)12-28-17-5-4-14-2-1-3-15(14)8-17/h4-11H,1-3,12-13H2,(H,26,27). The summed E-state index contributed by atoms with van der Waals surface area (Å²) in [7, 11) is 0. The van der Waals surface area contributed by atoms with Crippen molar-refractivity contribution in [3.8, 4) is 17.2 Å². The number of halogens is 1. The van der Waals surface area contributed by atoms with Crippen LogP contribution in [0.2, 0.25) is 0 Å². The van der Waals surface area contributed by atoms with Crippen LogP contribution in [0.3, 0.4) is 0 Å². The molecule has 158 valence electrons. The van der Waals surface area contributed by atoms with Gasteiger partial charge in [-0.05, 0) is 82.7 Å². The summed E-state index contributed by atoms with van der Waals surface area (Å²) in [5.74, 6) is 2.38. The average Bonchev–Trinajstić information content (AvgIpc) is 3.52. The average molecular weight is 483 g/mol. The van der Waals surface area contributed by atoms with Gasteiger partial charge in [0.2, 0.25) is 6.79 Å². The zero-order valence-electron chi connectivity index (χ0n) is 16.5. The third kappa shape index (κ3) is 4.29. The first-order valence-electron chi connectivity index (χ1n) is 9.91. The number of hydrazone groups is 1. The number of hydrogen-bond acceptors (Lipinski definition) is 6. The molecular formula is C23H19BrN2O5. The number of nitrogens with one attached hydrogen (secondary N) is 1. The molecule has 0 bridgehead atoms. The van der Waals surface area contributed by atoms with Gasteiger partial charge in [0.15, 0.2) is 17.3 Å². The first kappa shape index (κ1) is 19.7. The molecule has 5 rings (SSSR count). The van der Waals surface area contributed by atoms with E-state index in [1.165, 1.54) is 23.8 Å². The van der Waals surface area contributed by atoms with Gasteiger partial charge in [0.1, 0.15) is 18.1 Å². The lowest BCUT2D eigenvalue weighted by Crippen LogP contribution is -2.16. The molecule has 1 N–H and O–H groups in total. The second-order valence-corrected chi connectivity index (χ2v) is 8.12. The van der Waals surface area contributed by atoms with E-state index in [1.54, 1.807) is 24.3 Å². The van der Waals surface area contributed by atoms with Gasteiger partial charge in [0, 0.05) is 10.0 Å². The Labute approximate surface area is 187 Å². The molecule has 2 aromatic carbocycles. The van der Waals surface area contributed by atoms with Crippen molar-refractivity contribution in [2.75, 3.05) is 6.79 Å². The van der Waals surface area contributed by atoms with E-state index in [9.17, 15) is 4.79 Å². The van der Waals surface area contributed by atoms with E-state index >= 15 is 0 Å². The van der Waals surface area contributed by atoms with Crippen LogP contribution < -0.4 is 19.6 Å². The molecule has 7 nitrogen and oxygen atoms in total. The molecule has 31 heavy (non-hydrogen) atoms. The molecule has 0 saturated carbocycles. The van der Waals surface area contributed by atoms with E-state index < -0.39 is 5.91 Å². The van der Waals surface area contributed by atoms with Crippen molar-refractivity contribution in [3.05, 3.63) is 75.1 Å². The molecule has 0 spiro atoms. The van der Waals surface area contributed by atoms with E-state index in [0.717, 1.165) is 28.6 Å². The molecule has 0 unspecified atom stereocenters. The summed E-state index contributed by atoms with van der Waals surface area (Å²) in [6.07, 6.45) is 4.95. The molecule has 1 aliphatic heterocycles. The zero-order valence-corrected chi connectivity index (χ0v) is 18.1. The molecule has 2 heterocycles. The summed E-state index contributed by atoms with van der Waals surface area (Å²) >= 11 is 3.45. The lowest BCUT2D eigenvalue weighted by atomic mass is 10.1. The summed E-state index contributed by atoms with van der Waals surface area (Å²) in [5, 5.41) is 4.00. The molecule has 0 saturated heterocycles. The van der Waals surface area contributed by atoms with Crippen LogP contribution in [0.5, 0.6) is 17.2 Å². The molecule has 3 aromatic rings. The Morgan fingerprint density at radius 3 is 2.84 bits per heavy atom. The van der Waals surface area contributed by atoms with Crippen LogP contribution in [0.1, 0.15) is 39.4 Å². The topological polar surface area (TPSA) is 82.3 Å². The number of hydrogen-bond donors (Lipinski definition) is 1. The van der Waals surface area contributed by atoms with E-state index in [4.69, 9.17) is 18.6 Å². The van der Waals surface area contributed by atoms with Crippen LogP contribution in [0.4, 0.5) is 0 Å². The Kier molecular flexibility index (Phi) is 5.38. The highest BCUT2D eigenvalue weighted by Crippen LogP contribution is 2.36. The summed E-state index contributed by atoms with van der Waals surface area (Å²) in [5.41, 5.74) is 5.96. The van der Waals surface area contributed by atoms with Gasteiger partial charge in [-0.15, -0.1) is 0 Å². The maximum absolute atomic E-state index is 12.3. The minimum Gasteiger partial charge on any atom is -0.486 e. The molecular weight excluding hydrogens is 464 g/mol. The summed E-state index contributed by atoms with van der Waals surface area (Å²) < 4.78 is 22.9. The number of amides is 1. The van der Waals surface area contributed by atoms with E-state index in [2.05, 4.69) is 38.6 Å². The zero-order chi connectivity index (χ0) is 21.2. The largest absolute Gasteiger partial charge is 0.486 e. The first-order chi connectivity index (χ1) is 15.2. The highest BCUT2D eigenvalue weighted by atomic mass is 79.9. The maximum Gasteiger partial charge on any atom is 0.307 e. The third-order valence-electron chi connectivity index (χ3n) is 5.20. The molecule has 1 aliphatic carbocycles. The van der Waals surface area contributed by atoms with Gasteiger partial charge in [-0.25, -0.2) is 5.43 Å². The van der Waals surface area contributed by atoms with Crippen LogP contribution in [0.25, 0.3) is 0 Å². The van der Waals surface area contributed by atoms with Gasteiger partial charge in [-0.1, -0.05) is 6.07 Å². The molecule has 1 aromatic heterocycles. The van der Waals surface area contributed by atoms with Crippen LogP contribution in [0, 0.1) is 0 Å². The van der Waals surface area contributed by atoms with Gasteiger partial charge >= 0.3 is 5.91 Å². The van der Waals surface area contributed by atoms with Gasteiger partial charge in [-0.2, -0.15) is 5.10 Å². The third-order valence-corrected chi connectivity index (χ3v) is 5.88.